The van der Waals surface area contributed by atoms with Gasteiger partial charge in [0.1, 0.15) is 5.69 Å². The highest BCUT2D eigenvalue weighted by molar-refractivity contribution is 6.30. The van der Waals surface area contributed by atoms with Gasteiger partial charge in [0.15, 0.2) is 0 Å². The molecule has 0 saturated carbocycles. The quantitative estimate of drug-likeness (QED) is 0.802. The van der Waals surface area contributed by atoms with Gasteiger partial charge in [0.25, 0.3) is 0 Å². The average molecular weight is 314 g/mol. The van der Waals surface area contributed by atoms with E-state index >= 15 is 0 Å². The molecule has 0 unspecified atom stereocenters. The molecule has 0 fully saturated rings. The minimum atomic E-state index is -0.979. The Kier molecular flexibility index (Phi) is 3.65. The molecule has 0 atom stereocenters. The summed E-state index contributed by atoms with van der Waals surface area (Å²) in [5.74, 6) is -0.979. The van der Waals surface area contributed by atoms with E-state index in [1.54, 1.807) is 29.1 Å². The van der Waals surface area contributed by atoms with E-state index in [-0.39, 0.29) is 5.56 Å². The second kappa shape index (κ2) is 5.61. The van der Waals surface area contributed by atoms with Crippen molar-refractivity contribution in [3.63, 3.8) is 0 Å². The predicted octanol–water partition coefficient (Wildman–Crippen LogP) is 3.59. The van der Waals surface area contributed by atoms with E-state index in [4.69, 9.17) is 16.7 Å². The first-order chi connectivity index (χ1) is 10.5. The number of carboxylic acid groups (broad SMARTS) is 1. The van der Waals surface area contributed by atoms with Crippen molar-refractivity contribution in [1.82, 2.24) is 15.0 Å². The second-order valence-corrected chi connectivity index (χ2v) is 5.30. The molecule has 0 amide bonds. The summed E-state index contributed by atoms with van der Waals surface area (Å²) in [7, 11) is 0. The molecule has 3 aromatic rings. The van der Waals surface area contributed by atoms with Gasteiger partial charge in [0.2, 0.25) is 0 Å². The summed E-state index contributed by atoms with van der Waals surface area (Å²) in [6.45, 7) is 1.97. The minimum Gasteiger partial charge on any atom is -0.478 e. The third-order valence-corrected chi connectivity index (χ3v) is 3.56. The van der Waals surface area contributed by atoms with Crippen molar-refractivity contribution in [3.05, 3.63) is 64.8 Å². The highest BCUT2D eigenvalue weighted by Gasteiger charge is 2.10. The Morgan fingerprint density at radius 1 is 1.23 bits per heavy atom. The fraction of sp³-hybridized carbons (Fsp3) is 0.0625. The van der Waals surface area contributed by atoms with Crippen molar-refractivity contribution in [3.8, 4) is 16.9 Å². The summed E-state index contributed by atoms with van der Waals surface area (Å²) >= 11 is 6.03. The monoisotopic (exact) mass is 313 g/mol. The van der Waals surface area contributed by atoms with Gasteiger partial charge in [-0.25, -0.2) is 9.48 Å². The number of hydrogen-bond acceptors (Lipinski definition) is 3. The molecule has 1 heterocycles. The summed E-state index contributed by atoms with van der Waals surface area (Å²) in [4.78, 5) is 11.0. The molecule has 0 saturated heterocycles. The van der Waals surface area contributed by atoms with Gasteiger partial charge in [0, 0.05) is 10.6 Å². The average Bonchev–Trinajstić information content (AvgIpc) is 2.99. The van der Waals surface area contributed by atoms with Crippen molar-refractivity contribution in [2.75, 3.05) is 0 Å². The summed E-state index contributed by atoms with van der Waals surface area (Å²) in [5, 5.41) is 17.9. The predicted molar refractivity (Wildman–Crippen MR) is 83.5 cm³/mol. The number of benzene rings is 2. The molecule has 5 nitrogen and oxygen atoms in total. The maximum absolute atomic E-state index is 11.0. The fourth-order valence-electron chi connectivity index (χ4n) is 2.17. The number of nitrogens with zero attached hydrogens (tertiary/aromatic N) is 3. The van der Waals surface area contributed by atoms with Crippen LogP contribution >= 0.6 is 11.6 Å². The third-order valence-electron chi connectivity index (χ3n) is 3.33. The van der Waals surface area contributed by atoms with Crippen molar-refractivity contribution in [1.29, 1.82) is 0 Å². The Hall–Kier alpha value is -2.66. The molecule has 0 bridgehead atoms. The van der Waals surface area contributed by atoms with Gasteiger partial charge >= 0.3 is 5.97 Å². The number of hydrogen-bond donors (Lipinski definition) is 1. The molecule has 1 aromatic heterocycles. The highest BCUT2D eigenvalue weighted by atomic mass is 35.5. The van der Waals surface area contributed by atoms with Gasteiger partial charge < -0.3 is 5.11 Å². The van der Waals surface area contributed by atoms with Gasteiger partial charge in [-0.15, -0.1) is 5.10 Å². The van der Waals surface area contributed by atoms with Gasteiger partial charge in [0.05, 0.1) is 17.4 Å². The molecule has 0 spiro atoms. The summed E-state index contributed by atoms with van der Waals surface area (Å²) < 4.78 is 1.54. The number of carboxylic acids is 1. The van der Waals surface area contributed by atoms with Crippen molar-refractivity contribution in [2.24, 2.45) is 0 Å². The zero-order valence-electron chi connectivity index (χ0n) is 11.7. The number of aromatic carboxylic acids is 1. The molecule has 3 rings (SSSR count). The summed E-state index contributed by atoms with van der Waals surface area (Å²) in [5.41, 5.74) is 3.46. The second-order valence-electron chi connectivity index (χ2n) is 4.86. The maximum Gasteiger partial charge on any atom is 0.335 e. The van der Waals surface area contributed by atoms with Crippen molar-refractivity contribution >= 4 is 17.6 Å². The fourth-order valence-corrected chi connectivity index (χ4v) is 2.34. The van der Waals surface area contributed by atoms with Crippen LogP contribution in [0.15, 0.2) is 48.7 Å². The van der Waals surface area contributed by atoms with Crippen LogP contribution in [0.1, 0.15) is 15.9 Å². The lowest BCUT2D eigenvalue weighted by Crippen LogP contribution is -2.00. The van der Waals surface area contributed by atoms with Crippen LogP contribution in [-0.4, -0.2) is 26.1 Å². The molecule has 0 radical (unpaired) electrons. The van der Waals surface area contributed by atoms with Crippen LogP contribution in [0.2, 0.25) is 5.02 Å². The van der Waals surface area contributed by atoms with Crippen LogP contribution in [-0.2, 0) is 0 Å². The summed E-state index contributed by atoms with van der Waals surface area (Å²) in [6, 6.07) is 12.1. The largest absolute Gasteiger partial charge is 0.478 e. The Balaban J connectivity index is 2.02. The van der Waals surface area contributed by atoms with Crippen LogP contribution in [0.3, 0.4) is 0 Å². The Labute approximate surface area is 131 Å². The van der Waals surface area contributed by atoms with E-state index in [9.17, 15) is 4.79 Å². The van der Waals surface area contributed by atoms with Crippen molar-refractivity contribution in [2.45, 2.75) is 6.92 Å². The van der Waals surface area contributed by atoms with Crippen LogP contribution < -0.4 is 0 Å². The molecular weight excluding hydrogens is 302 g/mol. The molecule has 110 valence electrons. The Bertz CT molecular complexity index is 858. The number of halogens is 1. The SMILES string of the molecule is Cc1ccc(Cl)cc1-c1cn(-c2cccc(C(=O)O)c2)nn1. The molecule has 0 aliphatic carbocycles. The van der Waals surface area contributed by atoms with Gasteiger partial charge in [-0.05, 0) is 42.8 Å². The van der Waals surface area contributed by atoms with Crippen LogP contribution in [0.4, 0.5) is 0 Å². The zero-order chi connectivity index (χ0) is 15.7. The van der Waals surface area contributed by atoms with Gasteiger partial charge in [-0.2, -0.15) is 0 Å². The molecule has 2 aromatic carbocycles. The third kappa shape index (κ3) is 2.71. The van der Waals surface area contributed by atoms with Crippen LogP contribution in [0.25, 0.3) is 16.9 Å². The van der Waals surface area contributed by atoms with Crippen LogP contribution in [0.5, 0.6) is 0 Å². The van der Waals surface area contributed by atoms with Gasteiger partial charge in [-0.3, -0.25) is 0 Å². The van der Waals surface area contributed by atoms with E-state index in [1.165, 1.54) is 6.07 Å². The van der Waals surface area contributed by atoms with E-state index in [0.717, 1.165) is 11.1 Å². The zero-order valence-corrected chi connectivity index (χ0v) is 12.4. The first-order valence-corrected chi connectivity index (χ1v) is 6.95. The molecule has 0 aliphatic heterocycles. The lowest BCUT2D eigenvalue weighted by Gasteiger charge is -2.03. The minimum absolute atomic E-state index is 0.202. The van der Waals surface area contributed by atoms with Gasteiger partial charge in [-0.1, -0.05) is 28.9 Å². The molecule has 1 N–H and O–H groups in total. The van der Waals surface area contributed by atoms with Crippen LogP contribution in [0, 0.1) is 6.92 Å². The molecule has 6 heteroatoms. The molecular formula is C16H12ClN3O2. The first kappa shape index (κ1) is 14.3. The standard InChI is InChI=1S/C16H12ClN3O2/c1-10-5-6-12(17)8-14(10)15-9-20(19-18-15)13-4-2-3-11(7-13)16(21)22/h2-9H,1H3,(H,21,22). The molecule has 0 aliphatic rings. The topological polar surface area (TPSA) is 68.0 Å². The smallest absolute Gasteiger partial charge is 0.335 e. The van der Waals surface area contributed by atoms with E-state index in [2.05, 4.69) is 10.3 Å². The first-order valence-electron chi connectivity index (χ1n) is 6.57. The maximum atomic E-state index is 11.0. The number of rotatable bonds is 3. The van der Waals surface area contributed by atoms with E-state index in [1.807, 2.05) is 25.1 Å². The highest BCUT2D eigenvalue weighted by Crippen LogP contribution is 2.25. The Morgan fingerprint density at radius 2 is 2.05 bits per heavy atom. The number of aryl methyl sites for hydroxylation is 1. The molecule has 22 heavy (non-hydrogen) atoms. The number of carbonyl (C=O) groups is 1. The van der Waals surface area contributed by atoms with E-state index in [0.29, 0.717) is 16.4 Å². The van der Waals surface area contributed by atoms with E-state index < -0.39 is 5.97 Å². The summed E-state index contributed by atoms with van der Waals surface area (Å²) in [6.07, 6.45) is 1.75. The lowest BCUT2D eigenvalue weighted by atomic mass is 10.1. The Morgan fingerprint density at radius 3 is 2.82 bits per heavy atom. The van der Waals surface area contributed by atoms with Crippen molar-refractivity contribution < 1.29 is 9.90 Å². The lowest BCUT2D eigenvalue weighted by molar-refractivity contribution is 0.0697. The number of aromatic nitrogens is 3. The normalized spacial score (nSPS) is 10.6.